The Bertz CT molecular complexity index is 714. The quantitative estimate of drug-likeness (QED) is 0.812. The van der Waals surface area contributed by atoms with Gasteiger partial charge in [-0.15, -0.1) is 0 Å². The first kappa shape index (κ1) is 14.0. The second-order valence-corrected chi connectivity index (χ2v) is 6.32. The molecule has 0 N–H and O–H groups in total. The van der Waals surface area contributed by atoms with E-state index in [0.717, 1.165) is 18.2 Å². The Morgan fingerprint density at radius 2 is 1.68 bits per heavy atom. The van der Waals surface area contributed by atoms with E-state index in [0.29, 0.717) is 0 Å². The van der Waals surface area contributed by atoms with Crippen LogP contribution in [0.15, 0.2) is 47.4 Å². The van der Waals surface area contributed by atoms with Crippen molar-refractivity contribution in [1.29, 1.82) is 0 Å². The van der Waals surface area contributed by atoms with E-state index in [4.69, 9.17) is 11.6 Å². The SMILES string of the molecule is O=S(=O)(Cc1ccccc1F)c1ccc(F)c(Cl)c1. The third-order valence-electron chi connectivity index (χ3n) is 2.55. The minimum atomic E-state index is -3.77. The molecular formula is C13H9ClF2O2S. The summed E-state index contributed by atoms with van der Waals surface area (Å²) in [5, 5.41) is -0.283. The molecule has 0 aliphatic rings. The van der Waals surface area contributed by atoms with E-state index in [1.54, 1.807) is 6.07 Å². The number of sulfone groups is 1. The normalized spacial score (nSPS) is 11.5. The molecule has 19 heavy (non-hydrogen) atoms. The van der Waals surface area contributed by atoms with Crippen molar-refractivity contribution in [1.82, 2.24) is 0 Å². The average Bonchev–Trinajstić information content (AvgIpc) is 2.35. The molecule has 0 aromatic heterocycles. The molecule has 0 saturated carbocycles. The Labute approximate surface area is 114 Å². The van der Waals surface area contributed by atoms with Gasteiger partial charge in [0.15, 0.2) is 9.84 Å². The third kappa shape index (κ3) is 3.11. The lowest BCUT2D eigenvalue weighted by Gasteiger charge is -2.06. The number of rotatable bonds is 3. The van der Waals surface area contributed by atoms with E-state index in [9.17, 15) is 17.2 Å². The fraction of sp³-hybridized carbons (Fsp3) is 0.0769. The molecule has 0 bridgehead atoms. The van der Waals surface area contributed by atoms with Gasteiger partial charge in [0.25, 0.3) is 0 Å². The molecule has 0 atom stereocenters. The van der Waals surface area contributed by atoms with Gasteiger partial charge in [0.1, 0.15) is 11.6 Å². The Morgan fingerprint density at radius 1 is 1.00 bits per heavy atom. The van der Waals surface area contributed by atoms with Gasteiger partial charge >= 0.3 is 0 Å². The zero-order chi connectivity index (χ0) is 14.0. The van der Waals surface area contributed by atoms with Crippen molar-refractivity contribution in [2.24, 2.45) is 0 Å². The lowest BCUT2D eigenvalue weighted by atomic mass is 10.2. The number of hydrogen-bond donors (Lipinski definition) is 0. The van der Waals surface area contributed by atoms with Crippen molar-refractivity contribution < 1.29 is 17.2 Å². The Hall–Kier alpha value is -1.46. The molecule has 2 nitrogen and oxygen atoms in total. The maximum Gasteiger partial charge on any atom is 0.182 e. The van der Waals surface area contributed by atoms with Crippen molar-refractivity contribution in [2.75, 3.05) is 0 Å². The molecule has 2 aromatic carbocycles. The van der Waals surface area contributed by atoms with Crippen molar-refractivity contribution in [2.45, 2.75) is 10.6 Å². The maximum absolute atomic E-state index is 13.4. The maximum atomic E-state index is 13.4. The fourth-order valence-corrected chi connectivity index (χ4v) is 3.20. The molecule has 0 aliphatic heterocycles. The number of halogens is 3. The molecule has 0 aliphatic carbocycles. The highest BCUT2D eigenvalue weighted by Gasteiger charge is 2.18. The summed E-state index contributed by atoms with van der Waals surface area (Å²) in [6, 6.07) is 8.69. The van der Waals surface area contributed by atoms with Gasteiger partial charge in [-0.3, -0.25) is 0 Å². The summed E-state index contributed by atoms with van der Waals surface area (Å²) in [6.45, 7) is 0. The molecule has 0 fully saturated rings. The van der Waals surface area contributed by atoms with Gasteiger partial charge in [-0.2, -0.15) is 0 Å². The van der Waals surface area contributed by atoms with Gasteiger partial charge in [-0.25, -0.2) is 17.2 Å². The fourth-order valence-electron chi connectivity index (χ4n) is 1.57. The van der Waals surface area contributed by atoms with E-state index in [1.165, 1.54) is 18.2 Å². The van der Waals surface area contributed by atoms with Crippen LogP contribution in [0.25, 0.3) is 0 Å². The molecule has 0 heterocycles. The first-order valence-electron chi connectivity index (χ1n) is 5.31. The number of hydrogen-bond acceptors (Lipinski definition) is 2. The molecule has 2 aromatic rings. The Balaban J connectivity index is 2.38. The largest absolute Gasteiger partial charge is 0.223 e. The molecule has 6 heteroatoms. The van der Waals surface area contributed by atoms with Gasteiger partial charge in [0.05, 0.1) is 15.7 Å². The lowest BCUT2D eigenvalue weighted by molar-refractivity contribution is 0.586. The molecule has 0 radical (unpaired) electrons. The van der Waals surface area contributed by atoms with Crippen LogP contribution in [0.1, 0.15) is 5.56 Å². The molecule has 0 spiro atoms. The summed E-state index contributed by atoms with van der Waals surface area (Å²) in [4.78, 5) is -0.137. The zero-order valence-electron chi connectivity index (χ0n) is 9.61. The smallest absolute Gasteiger partial charge is 0.182 e. The molecular weight excluding hydrogens is 294 g/mol. The van der Waals surface area contributed by atoms with Crippen LogP contribution in [0.4, 0.5) is 8.78 Å². The predicted octanol–water partition coefficient (Wildman–Crippen LogP) is 3.59. The minimum absolute atomic E-state index is 0.0583. The third-order valence-corrected chi connectivity index (χ3v) is 4.51. The summed E-state index contributed by atoms with van der Waals surface area (Å²) in [6.07, 6.45) is 0. The number of benzene rings is 2. The second-order valence-electron chi connectivity index (χ2n) is 3.93. The van der Waals surface area contributed by atoms with Crippen LogP contribution in [-0.2, 0) is 15.6 Å². The van der Waals surface area contributed by atoms with Crippen LogP contribution in [0.5, 0.6) is 0 Å². The van der Waals surface area contributed by atoms with Gasteiger partial charge < -0.3 is 0 Å². The van der Waals surface area contributed by atoms with Crippen LogP contribution >= 0.6 is 11.6 Å². The summed E-state index contributed by atoms with van der Waals surface area (Å²) in [5.41, 5.74) is 0.0583. The van der Waals surface area contributed by atoms with Crippen molar-refractivity contribution >= 4 is 21.4 Å². The summed E-state index contributed by atoms with van der Waals surface area (Å²) < 4.78 is 50.6. The Kier molecular flexibility index (Phi) is 3.87. The van der Waals surface area contributed by atoms with Crippen molar-refractivity contribution in [3.63, 3.8) is 0 Å². The van der Waals surface area contributed by atoms with Crippen molar-refractivity contribution in [3.05, 3.63) is 64.7 Å². The first-order chi connectivity index (χ1) is 8.90. The lowest BCUT2D eigenvalue weighted by Crippen LogP contribution is -2.06. The molecule has 0 saturated heterocycles. The zero-order valence-corrected chi connectivity index (χ0v) is 11.2. The predicted molar refractivity (Wildman–Crippen MR) is 68.7 cm³/mol. The van der Waals surface area contributed by atoms with Crippen LogP contribution in [0.2, 0.25) is 5.02 Å². The second kappa shape index (κ2) is 5.27. The monoisotopic (exact) mass is 302 g/mol. The molecule has 2 rings (SSSR count). The summed E-state index contributed by atoms with van der Waals surface area (Å²) in [5.74, 6) is -1.80. The summed E-state index contributed by atoms with van der Waals surface area (Å²) in [7, 11) is -3.77. The molecule has 0 amide bonds. The average molecular weight is 303 g/mol. The van der Waals surface area contributed by atoms with Gasteiger partial charge in [-0.05, 0) is 24.3 Å². The molecule has 0 unspecified atom stereocenters. The summed E-state index contributed by atoms with van der Waals surface area (Å²) >= 11 is 5.54. The van der Waals surface area contributed by atoms with E-state index in [2.05, 4.69) is 0 Å². The van der Waals surface area contributed by atoms with Crippen LogP contribution < -0.4 is 0 Å². The topological polar surface area (TPSA) is 34.1 Å². The van der Waals surface area contributed by atoms with E-state index < -0.39 is 27.2 Å². The molecule has 100 valence electrons. The highest BCUT2D eigenvalue weighted by atomic mass is 35.5. The van der Waals surface area contributed by atoms with Crippen LogP contribution in [-0.4, -0.2) is 8.42 Å². The van der Waals surface area contributed by atoms with Gasteiger partial charge in [0, 0.05) is 5.56 Å². The van der Waals surface area contributed by atoms with E-state index >= 15 is 0 Å². The minimum Gasteiger partial charge on any atom is -0.223 e. The van der Waals surface area contributed by atoms with Crippen LogP contribution in [0, 0.1) is 11.6 Å². The van der Waals surface area contributed by atoms with Gasteiger partial charge in [0.2, 0.25) is 0 Å². The highest BCUT2D eigenvalue weighted by molar-refractivity contribution is 7.90. The highest BCUT2D eigenvalue weighted by Crippen LogP contribution is 2.23. The van der Waals surface area contributed by atoms with E-state index in [-0.39, 0.29) is 15.5 Å². The van der Waals surface area contributed by atoms with Gasteiger partial charge in [-0.1, -0.05) is 29.8 Å². The van der Waals surface area contributed by atoms with E-state index in [1.807, 2.05) is 0 Å². The first-order valence-corrected chi connectivity index (χ1v) is 7.34. The Morgan fingerprint density at radius 3 is 2.32 bits per heavy atom. The standard InChI is InChI=1S/C13H9ClF2O2S/c14-11-7-10(5-6-13(11)16)19(17,18)8-9-3-1-2-4-12(9)15/h1-7H,8H2. The van der Waals surface area contributed by atoms with Crippen molar-refractivity contribution in [3.8, 4) is 0 Å². The van der Waals surface area contributed by atoms with Crippen LogP contribution in [0.3, 0.4) is 0 Å².